The van der Waals surface area contributed by atoms with Crippen molar-refractivity contribution < 1.29 is 8.42 Å². The molecule has 3 N–H and O–H groups in total. The molecule has 1 aromatic carbocycles. The molecule has 7 heteroatoms. The van der Waals surface area contributed by atoms with Crippen molar-refractivity contribution in [1.29, 1.82) is 0 Å². The monoisotopic (exact) mass is 333 g/mol. The van der Waals surface area contributed by atoms with Crippen LogP contribution in [-0.2, 0) is 16.6 Å². The highest BCUT2D eigenvalue weighted by Gasteiger charge is 2.25. The van der Waals surface area contributed by atoms with Gasteiger partial charge < -0.3 is 10.6 Å². The van der Waals surface area contributed by atoms with E-state index in [2.05, 4.69) is 4.72 Å². The standard InChI is InChI=1S/C14H24ClN3O2S/c1-10(2)13(9-18(3)4)17-21(19,20)14-7-11(8-16)5-6-12(14)15/h5-7,10,13,17H,8-9,16H2,1-4H3. The molecule has 5 nitrogen and oxygen atoms in total. The van der Waals surface area contributed by atoms with E-state index >= 15 is 0 Å². The van der Waals surface area contributed by atoms with Gasteiger partial charge in [0.1, 0.15) is 4.90 Å². The van der Waals surface area contributed by atoms with Crippen molar-refractivity contribution >= 4 is 21.6 Å². The number of rotatable bonds is 7. The maximum atomic E-state index is 12.6. The summed E-state index contributed by atoms with van der Waals surface area (Å²) >= 11 is 6.04. The molecule has 0 aromatic heterocycles. The van der Waals surface area contributed by atoms with Crippen LogP contribution in [0.2, 0.25) is 5.02 Å². The van der Waals surface area contributed by atoms with Crippen LogP contribution in [-0.4, -0.2) is 40.0 Å². The van der Waals surface area contributed by atoms with E-state index in [0.717, 1.165) is 5.56 Å². The Hall–Kier alpha value is -0.660. The van der Waals surface area contributed by atoms with Gasteiger partial charge in [-0.05, 0) is 37.7 Å². The molecule has 1 aromatic rings. The van der Waals surface area contributed by atoms with Crippen LogP contribution in [0.4, 0.5) is 0 Å². The van der Waals surface area contributed by atoms with Crippen LogP contribution in [0.5, 0.6) is 0 Å². The number of halogens is 1. The van der Waals surface area contributed by atoms with E-state index in [1.807, 2.05) is 32.8 Å². The van der Waals surface area contributed by atoms with Gasteiger partial charge in [-0.25, -0.2) is 13.1 Å². The first-order valence-corrected chi connectivity index (χ1v) is 8.69. The van der Waals surface area contributed by atoms with Crippen molar-refractivity contribution in [2.75, 3.05) is 20.6 Å². The summed E-state index contributed by atoms with van der Waals surface area (Å²) in [5.74, 6) is 0.165. The normalized spacial score (nSPS) is 13.9. The third-order valence-corrected chi connectivity index (χ3v) is 5.17. The largest absolute Gasteiger partial charge is 0.326 e. The SMILES string of the molecule is CC(C)C(CN(C)C)NS(=O)(=O)c1cc(CN)ccc1Cl. The first kappa shape index (κ1) is 18.4. The van der Waals surface area contributed by atoms with Gasteiger partial charge in [0.15, 0.2) is 0 Å². The van der Waals surface area contributed by atoms with Gasteiger partial charge in [-0.2, -0.15) is 0 Å². The molecule has 1 atom stereocenters. The molecule has 1 unspecified atom stereocenters. The van der Waals surface area contributed by atoms with Gasteiger partial charge in [0.2, 0.25) is 10.0 Å². The minimum atomic E-state index is -3.68. The lowest BCUT2D eigenvalue weighted by Gasteiger charge is -2.25. The summed E-state index contributed by atoms with van der Waals surface area (Å²) in [7, 11) is 0.139. The third kappa shape index (κ3) is 5.23. The molecule has 0 aliphatic heterocycles. The Morgan fingerprint density at radius 3 is 2.43 bits per heavy atom. The smallest absolute Gasteiger partial charge is 0.242 e. The van der Waals surface area contributed by atoms with Gasteiger partial charge >= 0.3 is 0 Å². The fraction of sp³-hybridized carbons (Fsp3) is 0.571. The predicted molar refractivity (Wildman–Crippen MR) is 86.8 cm³/mol. The summed E-state index contributed by atoms with van der Waals surface area (Å²) in [6.45, 7) is 4.85. The Bertz CT molecular complexity index is 574. The molecular weight excluding hydrogens is 310 g/mol. The average Bonchev–Trinajstić information content (AvgIpc) is 2.37. The number of nitrogens with one attached hydrogen (secondary N) is 1. The number of likely N-dealkylation sites (N-methyl/N-ethyl adjacent to an activating group) is 1. The van der Waals surface area contributed by atoms with Crippen LogP contribution in [0.1, 0.15) is 19.4 Å². The lowest BCUT2D eigenvalue weighted by atomic mass is 10.1. The lowest BCUT2D eigenvalue weighted by molar-refractivity contribution is 0.314. The summed E-state index contributed by atoms with van der Waals surface area (Å²) < 4.78 is 27.9. The average molecular weight is 334 g/mol. The maximum Gasteiger partial charge on any atom is 0.242 e. The Morgan fingerprint density at radius 2 is 1.95 bits per heavy atom. The molecule has 0 fully saturated rings. The molecule has 0 aliphatic rings. The Labute approximate surface area is 132 Å². The van der Waals surface area contributed by atoms with E-state index in [-0.39, 0.29) is 28.4 Å². The summed E-state index contributed by atoms with van der Waals surface area (Å²) in [6, 6.07) is 4.62. The Morgan fingerprint density at radius 1 is 1.33 bits per heavy atom. The molecule has 1 rings (SSSR count). The van der Waals surface area contributed by atoms with Crippen molar-refractivity contribution in [1.82, 2.24) is 9.62 Å². The molecule has 120 valence electrons. The van der Waals surface area contributed by atoms with E-state index in [1.54, 1.807) is 12.1 Å². The highest BCUT2D eigenvalue weighted by atomic mass is 35.5. The van der Waals surface area contributed by atoms with Crippen molar-refractivity contribution in [3.8, 4) is 0 Å². The Kier molecular flexibility index (Phi) is 6.62. The van der Waals surface area contributed by atoms with Crippen LogP contribution < -0.4 is 10.5 Å². The topological polar surface area (TPSA) is 75.4 Å². The van der Waals surface area contributed by atoms with Gasteiger partial charge in [0.05, 0.1) is 5.02 Å². The van der Waals surface area contributed by atoms with Crippen molar-refractivity contribution in [2.45, 2.75) is 31.3 Å². The van der Waals surface area contributed by atoms with Crippen LogP contribution >= 0.6 is 11.6 Å². The number of hydrogen-bond acceptors (Lipinski definition) is 4. The predicted octanol–water partition coefficient (Wildman–Crippen LogP) is 1.66. The fourth-order valence-electron chi connectivity index (χ4n) is 1.92. The number of benzene rings is 1. The third-order valence-electron chi connectivity index (χ3n) is 3.19. The summed E-state index contributed by atoms with van der Waals surface area (Å²) in [4.78, 5) is 2.03. The molecule has 0 saturated carbocycles. The molecule has 0 aliphatic carbocycles. The van der Waals surface area contributed by atoms with Crippen molar-refractivity contribution in [2.24, 2.45) is 11.7 Å². The van der Waals surface area contributed by atoms with Gasteiger partial charge in [0, 0.05) is 19.1 Å². The second-order valence-corrected chi connectivity index (χ2v) is 7.79. The molecular formula is C14H24ClN3O2S. The van der Waals surface area contributed by atoms with Crippen molar-refractivity contribution in [3.05, 3.63) is 28.8 Å². The molecule has 0 saturated heterocycles. The second kappa shape index (κ2) is 7.56. The number of hydrogen-bond donors (Lipinski definition) is 2. The van der Waals surface area contributed by atoms with Gasteiger partial charge in [0.25, 0.3) is 0 Å². The molecule has 0 amide bonds. The maximum absolute atomic E-state index is 12.6. The zero-order valence-electron chi connectivity index (χ0n) is 12.9. The van der Waals surface area contributed by atoms with Gasteiger partial charge in [-0.3, -0.25) is 0 Å². The van der Waals surface area contributed by atoms with Gasteiger partial charge in [-0.1, -0.05) is 31.5 Å². The number of nitrogens with zero attached hydrogens (tertiary/aromatic N) is 1. The molecule has 0 radical (unpaired) electrons. The molecule has 21 heavy (non-hydrogen) atoms. The highest BCUT2D eigenvalue weighted by molar-refractivity contribution is 7.89. The van der Waals surface area contributed by atoms with E-state index < -0.39 is 10.0 Å². The number of nitrogens with two attached hydrogens (primary N) is 1. The summed E-state index contributed by atoms with van der Waals surface area (Å²) in [5, 5.41) is 0.201. The summed E-state index contributed by atoms with van der Waals surface area (Å²) in [5.41, 5.74) is 6.29. The fourth-order valence-corrected chi connectivity index (χ4v) is 3.85. The lowest BCUT2D eigenvalue weighted by Crippen LogP contribution is -2.44. The first-order valence-electron chi connectivity index (χ1n) is 6.83. The zero-order valence-corrected chi connectivity index (χ0v) is 14.5. The zero-order chi connectivity index (χ0) is 16.2. The minimum Gasteiger partial charge on any atom is -0.326 e. The first-order chi connectivity index (χ1) is 9.67. The minimum absolute atomic E-state index is 0.0801. The number of sulfonamides is 1. The molecule has 0 spiro atoms. The summed E-state index contributed by atoms with van der Waals surface area (Å²) in [6.07, 6.45) is 0. The van der Waals surface area contributed by atoms with Crippen LogP contribution in [0.3, 0.4) is 0 Å². The van der Waals surface area contributed by atoms with E-state index in [1.165, 1.54) is 6.07 Å². The highest BCUT2D eigenvalue weighted by Crippen LogP contribution is 2.23. The molecule has 0 heterocycles. The van der Waals surface area contributed by atoms with Gasteiger partial charge in [-0.15, -0.1) is 0 Å². The van der Waals surface area contributed by atoms with Crippen LogP contribution in [0.15, 0.2) is 23.1 Å². The quantitative estimate of drug-likeness (QED) is 0.795. The van der Waals surface area contributed by atoms with E-state index in [9.17, 15) is 8.42 Å². The van der Waals surface area contributed by atoms with Crippen LogP contribution in [0.25, 0.3) is 0 Å². The van der Waals surface area contributed by atoms with Crippen molar-refractivity contribution in [3.63, 3.8) is 0 Å². The second-order valence-electron chi connectivity index (χ2n) is 5.70. The Balaban J connectivity index is 3.10. The van der Waals surface area contributed by atoms with Crippen LogP contribution in [0, 0.1) is 5.92 Å². The van der Waals surface area contributed by atoms with E-state index in [0.29, 0.717) is 6.54 Å². The van der Waals surface area contributed by atoms with E-state index in [4.69, 9.17) is 17.3 Å². The molecule has 0 bridgehead atoms.